The Hall–Kier alpha value is -0.600. The van der Waals surface area contributed by atoms with E-state index in [2.05, 4.69) is 30.1 Å². The van der Waals surface area contributed by atoms with E-state index >= 15 is 0 Å². The molecular formula is C11H19Cl3N6O. The lowest BCUT2D eigenvalue weighted by Gasteiger charge is -2.30. The van der Waals surface area contributed by atoms with Crippen molar-refractivity contribution < 1.29 is 4.74 Å². The van der Waals surface area contributed by atoms with Crippen molar-refractivity contribution in [2.45, 2.75) is 0 Å². The van der Waals surface area contributed by atoms with E-state index in [0.717, 1.165) is 39.3 Å². The third-order valence-corrected chi connectivity index (χ3v) is 3.45. The highest BCUT2D eigenvalue weighted by Crippen LogP contribution is 2.17. The van der Waals surface area contributed by atoms with Crippen molar-refractivity contribution >= 4 is 48.3 Å². The number of rotatable bonds is 2. The van der Waals surface area contributed by atoms with Gasteiger partial charge in [-0.3, -0.25) is 0 Å². The lowest BCUT2D eigenvalue weighted by Crippen LogP contribution is -2.44. The van der Waals surface area contributed by atoms with Crippen molar-refractivity contribution in [3.8, 4) is 0 Å². The van der Waals surface area contributed by atoms with Crippen molar-refractivity contribution in [3.05, 3.63) is 5.28 Å². The normalized spacial score (nSPS) is 18.7. The molecule has 120 valence electrons. The third kappa shape index (κ3) is 4.69. The Labute approximate surface area is 141 Å². The van der Waals surface area contributed by atoms with Crippen molar-refractivity contribution in [1.29, 1.82) is 0 Å². The largest absolute Gasteiger partial charge is 0.378 e. The van der Waals surface area contributed by atoms with Crippen molar-refractivity contribution in [2.75, 3.05) is 62.3 Å². The fraction of sp³-hybridized carbons (Fsp3) is 0.727. The van der Waals surface area contributed by atoms with Gasteiger partial charge in [-0.25, -0.2) is 0 Å². The van der Waals surface area contributed by atoms with E-state index in [1.54, 1.807) is 0 Å². The van der Waals surface area contributed by atoms with Crippen LogP contribution >= 0.6 is 36.4 Å². The number of hydrogen-bond acceptors (Lipinski definition) is 7. The average molecular weight is 358 g/mol. The van der Waals surface area contributed by atoms with Crippen LogP contribution in [-0.2, 0) is 4.74 Å². The van der Waals surface area contributed by atoms with Crippen LogP contribution in [-0.4, -0.2) is 67.4 Å². The zero-order valence-electron chi connectivity index (χ0n) is 11.5. The number of piperazine rings is 1. The van der Waals surface area contributed by atoms with Crippen LogP contribution in [0.15, 0.2) is 0 Å². The molecule has 3 rings (SSSR count). The summed E-state index contributed by atoms with van der Waals surface area (Å²) >= 11 is 6.03. The first-order valence-electron chi connectivity index (χ1n) is 6.53. The molecule has 2 aliphatic heterocycles. The second kappa shape index (κ2) is 8.75. The van der Waals surface area contributed by atoms with Crippen LogP contribution in [0.25, 0.3) is 0 Å². The second-order valence-electron chi connectivity index (χ2n) is 4.54. The van der Waals surface area contributed by atoms with E-state index in [9.17, 15) is 0 Å². The Balaban J connectivity index is 0.00000110. The predicted octanol–water partition coefficient (Wildman–Crippen LogP) is 0.615. The molecule has 0 saturated carbocycles. The number of ether oxygens (including phenoxy) is 1. The number of halogens is 3. The fourth-order valence-electron chi connectivity index (χ4n) is 2.24. The van der Waals surface area contributed by atoms with Crippen molar-refractivity contribution in [3.63, 3.8) is 0 Å². The van der Waals surface area contributed by atoms with E-state index in [1.807, 2.05) is 0 Å². The molecule has 1 aromatic heterocycles. The van der Waals surface area contributed by atoms with Crippen molar-refractivity contribution in [1.82, 2.24) is 20.3 Å². The highest BCUT2D eigenvalue weighted by Gasteiger charge is 2.19. The van der Waals surface area contributed by atoms with Gasteiger partial charge in [0.1, 0.15) is 0 Å². The minimum absolute atomic E-state index is 0. The molecule has 10 heteroatoms. The smallest absolute Gasteiger partial charge is 0.231 e. The minimum Gasteiger partial charge on any atom is -0.378 e. The molecule has 0 amide bonds. The van der Waals surface area contributed by atoms with Gasteiger partial charge in [0.2, 0.25) is 17.2 Å². The molecule has 2 aliphatic rings. The quantitative estimate of drug-likeness (QED) is 0.832. The Morgan fingerprint density at radius 3 is 1.95 bits per heavy atom. The number of nitrogens with zero attached hydrogens (tertiary/aromatic N) is 5. The molecule has 2 fully saturated rings. The maximum Gasteiger partial charge on any atom is 0.231 e. The summed E-state index contributed by atoms with van der Waals surface area (Å²) in [5.74, 6) is 1.32. The van der Waals surface area contributed by atoms with E-state index in [0.29, 0.717) is 25.1 Å². The van der Waals surface area contributed by atoms with Crippen LogP contribution in [0.4, 0.5) is 11.9 Å². The Bertz CT molecular complexity index is 404. The summed E-state index contributed by atoms with van der Waals surface area (Å²) < 4.78 is 5.33. The van der Waals surface area contributed by atoms with Gasteiger partial charge in [-0.1, -0.05) is 0 Å². The maximum atomic E-state index is 6.03. The molecule has 0 unspecified atom stereocenters. The first kappa shape index (κ1) is 18.4. The molecule has 0 aromatic carbocycles. The summed E-state index contributed by atoms with van der Waals surface area (Å²) in [6, 6.07) is 0. The van der Waals surface area contributed by atoms with Gasteiger partial charge >= 0.3 is 0 Å². The molecule has 1 aromatic rings. The van der Waals surface area contributed by atoms with Gasteiger partial charge in [0.15, 0.2) is 0 Å². The second-order valence-corrected chi connectivity index (χ2v) is 4.88. The van der Waals surface area contributed by atoms with E-state index in [1.165, 1.54) is 0 Å². The van der Waals surface area contributed by atoms with Crippen LogP contribution in [0.3, 0.4) is 0 Å². The number of hydrogen-bond donors (Lipinski definition) is 1. The SMILES string of the molecule is Cl.Cl.Clc1nc(N2CCNCC2)nc(N2CCOCC2)n1. The summed E-state index contributed by atoms with van der Waals surface area (Å²) in [5, 5.41) is 3.56. The standard InChI is InChI=1S/C11H17ClN6O.2ClH/c12-9-14-10(17-3-1-13-2-4-17)16-11(15-9)18-5-7-19-8-6-18;;/h13H,1-8H2;2*1H. The summed E-state index contributed by atoms with van der Waals surface area (Å²) in [6.07, 6.45) is 0. The minimum atomic E-state index is 0. The molecule has 0 spiro atoms. The monoisotopic (exact) mass is 356 g/mol. The number of nitrogens with one attached hydrogen (secondary N) is 1. The molecule has 0 aliphatic carbocycles. The zero-order chi connectivity index (χ0) is 13.1. The van der Waals surface area contributed by atoms with Gasteiger partial charge in [0.05, 0.1) is 13.2 Å². The molecule has 21 heavy (non-hydrogen) atoms. The fourth-order valence-corrected chi connectivity index (χ4v) is 2.39. The topological polar surface area (TPSA) is 66.4 Å². The molecule has 0 atom stereocenters. The zero-order valence-corrected chi connectivity index (χ0v) is 13.9. The third-order valence-electron chi connectivity index (χ3n) is 3.28. The first-order valence-corrected chi connectivity index (χ1v) is 6.91. The van der Waals surface area contributed by atoms with Gasteiger partial charge in [0.25, 0.3) is 0 Å². The molecular weight excluding hydrogens is 339 g/mol. The molecule has 0 bridgehead atoms. The Morgan fingerprint density at radius 2 is 1.38 bits per heavy atom. The molecule has 7 nitrogen and oxygen atoms in total. The van der Waals surface area contributed by atoms with Gasteiger partial charge < -0.3 is 19.9 Å². The van der Waals surface area contributed by atoms with Crippen molar-refractivity contribution in [2.24, 2.45) is 0 Å². The van der Waals surface area contributed by atoms with E-state index in [4.69, 9.17) is 16.3 Å². The van der Waals surface area contributed by atoms with Crippen LogP contribution in [0.1, 0.15) is 0 Å². The summed E-state index contributed by atoms with van der Waals surface area (Å²) in [7, 11) is 0. The lowest BCUT2D eigenvalue weighted by atomic mass is 10.4. The maximum absolute atomic E-state index is 6.03. The van der Waals surface area contributed by atoms with Crippen LogP contribution in [0, 0.1) is 0 Å². The van der Waals surface area contributed by atoms with Crippen LogP contribution < -0.4 is 15.1 Å². The molecule has 1 N–H and O–H groups in total. The lowest BCUT2D eigenvalue weighted by molar-refractivity contribution is 0.122. The highest BCUT2D eigenvalue weighted by atomic mass is 35.5. The molecule has 3 heterocycles. The highest BCUT2D eigenvalue weighted by molar-refractivity contribution is 6.28. The predicted molar refractivity (Wildman–Crippen MR) is 87.4 cm³/mol. The Morgan fingerprint density at radius 1 is 0.857 bits per heavy atom. The number of aromatic nitrogens is 3. The van der Waals surface area contributed by atoms with E-state index < -0.39 is 0 Å². The Kier molecular flexibility index (Phi) is 7.69. The van der Waals surface area contributed by atoms with Gasteiger partial charge in [-0.05, 0) is 11.6 Å². The van der Waals surface area contributed by atoms with Gasteiger partial charge in [-0.15, -0.1) is 24.8 Å². The van der Waals surface area contributed by atoms with Gasteiger partial charge in [0, 0.05) is 39.3 Å². The summed E-state index contributed by atoms with van der Waals surface area (Å²) in [6.45, 7) is 6.65. The number of anilines is 2. The van der Waals surface area contributed by atoms with E-state index in [-0.39, 0.29) is 30.1 Å². The van der Waals surface area contributed by atoms with Crippen LogP contribution in [0.5, 0.6) is 0 Å². The summed E-state index contributed by atoms with van der Waals surface area (Å²) in [4.78, 5) is 17.2. The van der Waals surface area contributed by atoms with Gasteiger partial charge in [-0.2, -0.15) is 15.0 Å². The van der Waals surface area contributed by atoms with Crippen LogP contribution in [0.2, 0.25) is 5.28 Å². The average Bonchev–Trinajstić information content (AvgIpc) is 2.48. The molecule has 0 radical (unpaired) electrons. The first-order chi connectivity index (χ1) is 9.33. The molecule has 2 saturated heterocycles. The summed E-state index contributed by atoms with van der Waals surface area (Å²) in [5.41, 5.74) is 0. The number of morpholine rings is 1.